The lowest BCUT2D eigenvalue weighted by Crippen LogP contribution is -2.49. The molecule has 0 unspecified atom stereocenters. The quantitative estimate of drug-likeness (QED) is 0.708. The van der Waals surface area contributed by atoms with E-state index in [1.165, 1.54) is 23.3 Å². The first-order valence-corrected chi connectivity index (χ1v) is 9.82. The Morgan fingerprint density at radius 1 is 1.10 bits per heavy atom. The number of hydrogen-bond donors (Lipinski definition) is 1. The third kappa shape index (κ3) is 6.01. The van der Waals surface area contributed by atoms with Crippen molar-refractivity contribution in [2.24, 2.45) is 0 Å². The lowest BCUT2D eigenvalue weighted by atomic mass is 10.1. The largest absolute Gasteiger partial charge is 0.496 e. The van der Waals surface area contributed by atoms with E-state index in [0.29, 0.717) is 5.11 Å². The van der Waals surface area contributed by atoms with Gasteiger partial charge >= 0.3 is 6.61 Å². The molecule has 1 saturated heterocycles. The zero-order valence-electron chi connectivity index (χ0n) is 16.5. The summed E-state index contributed by atoms with van der Waals surface area (Å²) in [4.78, 5) is 4.50. The molecule has 2 aromatic carbocycles. The summed E-state index contributed by atoms with van der Waals surface area (Å²) in [5, 5.41) is 3.78. The Morgan fingerprint density at radius 2 is 1.79 bits per heavy atom. The fraction of sp³-hybridized carbons (Fsp3) is 0.381. The van der Waals surface area contributed by atoms with Gasteiger partial charge in [0.05, 0.1) is 7.11 Å². The van der Waals surface area contributed by atoms with E-state index in [4.69, 9.17) is 17.0 Å². The van der Waals surface area contributed by atoms with Crippen LogP contribution in [0.3, 0.4) is 0 Å². The maximum atomic E-state index is 12.2. The molecule has 29 heavy (non-hydrogen) atoms. The average molecular weight is 422 g/mol. The highest BCUT2D eigenvalue weighted by Crippen LogP contribution is 2.22. The van der Waals surface area contributed by atoms with Crippen LogP contribution in [0, 0.1) is 6.92 Å². The minimum Gasteiger partial charge on any atom is -0.496 e. The molecule has 3 rings (SSSR count). The number of benzene rings is 2. The summed E-state index contributed by atoms with van der Waals surface area (Å²) in [6.07, 6.45) is 0. The predicted octanol–water partition coefficient (Wildman–Crippen LogP) is 4.12. The molecule has 1 aliphatic rings. The average Bonchev–Trinajstić information content (AvgIpc) is 2.70. The Morgan fingerprint density at radius 3 is 2.41 bits per heavy atom. The van der Waals surface area contributed by atoms with Gasteiger partial charge in [-0.05, 0) is 49.5 Å². The molecule has 1 N–H and O–H groups in total. The van der Waals surface area contributed by atoms with Crippen LogP contribution in [0.25, 0.3) is 0 Å². The van der Waals surface area contributed by atoms with E-state index in [9.17, 15) is 8.78 Å². The van der Waals surface area contributed by atoms with Crippen molar-refractivity contribution in [2.45, 2.75) is 20.1 Å². The van der Waals surface area contributed by atoms with Crippen molar-refractivity contribution in [1.29, 1.82) is 0 Å². The Balaban J connectivity index is 1.50. The topological polar surface area (TPSA) is 37.0 Å². The van der Waals surface area contributed by atoms with E-state index in [0.717, 1.165) is 44.2 Å². The van der Waals surface area contributed by atoms with E-state index in [2.05, 4.69) is 38.9 Å². The second-order valence-electron chi connectivity index (χ2n) is 6.91. The summed E-state index contributed by atoms with van der Waals surface area (Å²) < 4.78 is 34.3. The molecule has 8 heteroatoms. The zero-order valence-corrected chi connectivity index (χ0v) is 17.3. The highest BCUT2D eigenvalue weighted by Gasteiger charge is 2.20. The Hall–Kier alpha value is -2.45. The molecule has 2 aromatic rings. The van der Waals surface area contributed by atoms with Crippen molar-refractivity contribution in [3.8, 4) is 11.5 Å². The van der Waals surface area contributed by atoms with Gasteiger partial charge in [0.25, 0.3) is 0 Å². The van der Waals surface area contributed by atoms with Gasteiger partial charge in [0.2, 0.25) is 0 Å². The zero-order chi connectivity index (χ0) is 20.8. The molecule has 0 amide bonds. The fourth-order valence-electron chi connectivity index (χ4n) is 3.30. The molecule has 0 aromatic heterocycles. The predicted molar refractivity (Wildman–Crippen MR) is 114 cm³/mol. The minimum absolute atomic E-state index is 0.122. The van der Waals surface area contributed by atoms with Crippen molar-refractivity contribution < 1.29 is 18.3 Å². The molecule has 156 valence electrons. The molecule has 0 aliphatic carbocycles. The molecular formula is C21H25F2N3O2S. The van der Waals surface area contributed by atoms with Gasteiger partial charge in [0.15, 0.2) is 5.11 Å². The summed E-state index contributed by atoms with van der Waals surface area (Å²) in [5.41, 5.74) is 3.14. The summed E-state index contributed by atoms with van der Waals surface area (Å²) in [5.74, 6) is 1.03. The van der Waals surface area contributed by atoms with E-state index >= 15 is 0 Å². The summed E-state index contributed by atoms with van der Waals surface area (Å²) in [6.45, 7) is 3.49. The molecule has 1 aliphatic heterocycles. The summed E-state index contributed by atoms with van der Waals surface area (Å²) in [6, 6.07) is 12.6. The van der Waals surface area contributed by atoms with Crippen LogP contribution >= 0.6 is 12.2 Å². The summed E-state index contributed by atoms with van der Waals surface area (Å²) in [7, 11) is 1.70. The first-order chi connectivity index (χ1) is 13.9. The monoisotopic (exact) mass is 421 g/mol. The minimum atomic E-state index is -2.83. The van der Waals surface area contributed by atoms with Gasteiger partial charge in [-0.15, -0.1) is 0 Å². The molecule has 5 nitrogen and oxygen atoms in total. The molecule has 0 spiro atoms. The smallest absolute Gasteiger partial charge is 0.387 e. The maximum Gasteiger partial charge on any atom is 0.387 e. The van der Waals surface area contributed by atoms with Crippen LogP contribution < -0.4 is 14.8 Å². The highest BCUT2D eigenvalue weighted by molar-refractivity contribution is 7.80. The van der Waals surface area contributed by atoms with E-state index < -0.39 is 6.61 Å². The standard InChI is InChI=1S/C21H25F2N3O2S/c1-15-3-8-19(27-2)16(13-15)14-25-9-11-26(12-10-25)21(29)24-17-4-6-18(7-5-17)28-20(22)23/h3-8,13,20H,9-12,14H2,1-2H3,(H,24,29). The van der Waals surface area contributed by atoms with Gasteiger partial charge < -0.3 is 19.7 Å². The Labute approximate surface area is 175 Å². The van der Waals surface area contributed by atoms with Crippen molar-refractivity contribution >= 4 is 23.0 Å². The van der Waals surface area contributed by atoms with Gasteiger partial charge in [0, 0.05) is 44.0 Å². The Bertz CT molecular complexity index is 825. The third-order valence-corrected chi connectivity index (χ3v) is 5.18. The number of ether oxygens (including phenoxy) is 2. The number of nitrogens with zero attached hydrogens (tertiary/aromatic N) is 2. The van der Waals surface area contributed by atoms with Crippen LogP contribution in [-0.4, -0.2) is 54.8 Å². The fourth-order valence-corrected chi connectivity index (χ4v) is 3.60. The van der Waals surface area contributed by atoms with E-state index in [1.54, 1.807) is 19.2 Å². The lowest BCUT2D eigenvalue weighted by molar-refractivity contribution is -0.0498. The molecule has 1 heterocycles. The van der Waals surface area contributed by atoms with Crippen LogP contribution in [0.1, 0.15) is 11.1 Å². The third-order valence-electron chi connectivity index (χ3n) is 4.82. The first kappa shape index (κ1) is 21.3. The second kappa shape index (κ2) is 9.84. The van der Waals surface area contributed by atoms with Crippen LogP contribution in [0.4, 0.5) is 14.5 Å². The molecule has 0 bridgehead atoms. The van der Waals surface area contributed by atoms with Crippen molar-refractivity contribution in [3.05, 3.63) is 53.6 Å². The highest BCUT2D eigenvalue weighted by atomic mass is 32.1. The second-order valence-corrected chi connectivity index (χ2v) is 7.30. The van der Waals surface area contributed by atoms with Crippen molar-refractivity contribution in [3.63, 3.8) is 0 Å². The van der Waals surface area contributed by atoms with E-state index in [-0.39, 0.29) is 5.75 Å². The number of aryl methyl sites for hydroxylation is 1. The molecule has 0 radical (unpaired) electrons. The summed E-state index contributed by atoms with van der Waals surface area (Å²) >= 11 is 5.51. The SMILES string of the molecule is COc1ccc(C)cc1CN1CCN(C(=S)Nc2ccc(OC(F)F)cc2)CC1. The van der Waals surface area contributed by atoms with Gasteiger partial charge in [-0.2, -0.15) is 8.78 Å². The molecular weight excluding hydrogens is 396 g/mol. The number of hydrogen-bond acceptors (Lipinski definition) is 4. The first-order valence-electron chi connectivity index (χ1n) is 9.41. The van der Waals surface area contributed by atoms with Gasteiger partial charge in [0.1, 0.15) is 11.5 Å². The number of thiocarbonyl (C=S) groups is 1. The number of rotatable bonds is 6. The van der Waals surface area contributed by atoms with Crippen LogP contribution in [0.5, 0.6) is 11.5 Å². The Kier molecular flexibility index (Phi) is 7.22. The van der Waals surface area contributed by atoms with Gasteiger partial charge in [-0.25, -0.2) is 0 Å². The van der Waals surface area contributed by atoms with Crippen LogP contribution in [-0.2, 0) is 6.54 Å². The van der Waals surface area contributed by atoms with Crippen LogP contribution in [0.15, 0.2) is 42.5 Å². The van der Waals surface area contributed by atoms with Crippen LogP contribution in [0.2, 0.25) is 0 Å². The number of methoxy groups -OCH3 is 1. The molecule has 0 saturated carbocycles. The number of piperazine rings is 1. The number of anilines is 1. The normalized spacial score (nSPS) is 14.7. The molecule has 1 fully saturated rings. The van der Waals surface area contributed by atoms with Gasteiger partial charge in [-0.1, -0.05) is 17.7 Å². The maximum absolute atomic E-state index is 12.2. The lowest BCUT2D eigenvalue weighted by Gasteiger charge is -2.36. The molecule has 0 atom stereocenters. The van der Waals surface area contributed by atoms with Gasteiger partial charge in [-0.3, -0.25) is 4.90 Å². The van der Waals surface area contributed by atoms with E-state index in [1.807, 2.05) is 6.07 Å². The number of halogens is 2. The number of nitrogens with one attached hydrogen (secondary N) is 1. The van der Waals surface area contributed by atoms with Crippen molar-refractivity contribution in [2.75, 3.05) is 38.6 Å². The van der Waals surface area contributed by atoms with Crippen molar-refractivity contribution in [1.82, 2.24) is 9.80 Å². The number of alkyl halides is 2.